The minimum atomic E-state index is -3.22. The Morgan fingerprint density at radius 3 is 2.55 bits per heavy atom. The van der Waals surface area contributed by atoms with Gasteiger partial charge in [-0.2, -0.15) is 0 Å². The molecule has 2 aliphatic rings. The lowest BCUT2D eigenvalue weighted by atomic mass is 9.96. The Labute approximate surface area is 121 Å². The predicted molar refractivity (Wildman–Crippen MR) is 80.9 cm³/mol. The minimum Gasteiger partial charge on any atom is -0.212 e. The summed E-state index contributed by atoms with van der Waals surface area (Å²) < 4.78 is 27.7. The molecule has 0 aliphatic heterocycles. The van der Waals surface area contributed by atoms with E-state index >= 15 is 0 Å². The average molecular weight is 293 g/mol. The Morgan fingerprint density at radius 1 is 1.20 bits per heavy atom. The molecule has 0 radical (unpaired) electrons. The summed E-state index contributed by atoms with van der Waals surface area (Å²) in [6.45, 7) is 2.10. The normalized spacial score (nSPS) is 28.9. The highest BCUT2D eigenvalue weighted by Crippen LogP contribution is 2.53. The molecular weight excluding hydrogens is 270 g/mol. The molecule has 0 bridgehead atoms. The van der Waals surface area contributed by atoms with Crippen LogP contribution in [0.1, 0.15) is 50.2 Å². The molecule has 0 aromatic heterocycles. The van der Waals surface area contributed by atoms with E-state index in [2.05, 4.69) is 11.6 Å². The van der Waals surface area contributed by atoms with Gasteiger partial charge in [-0.15, -0.1) is 0 Å². The zero-order valence-corrected chi connectivity index (χ0v) is 12.9. The molecule has 3 rings (SSSR count). The van der Waals surface area contributed by atoms with Crippen molar-refractivity contribution in [3.05, 3.63) is 35.4 Å². The van der Waals surface area contributed by atoms with Gasteiger partial charge in [0, 0.05) is 5.54 Å². The van der Waals surface area contributed by atoms with Crippen molar-refractivity contribution in [2.45, 2.75) is 56.7 Å². The lowest BCUT2D eigenvalue weighted by molar-refractivity contribution is 0.397. The van der Waals surface area contributed by atoms with Crippen molar-refractivity contribution in [1.82, 2.24) is 4.72 Å². The molecule has 20 heavy (non-hydrogen) atoms. The van der Waals surface area contributed by atoms with Crippen LogP contribution in [0.4, 0.5) is 0 Å². The van der Waals surface area contributed by atoms with E-state index in [1.165, 1.54) is 18.4 Å². The highest BCUT2D eigenvalue weighted by molar-refractivity contribution is 7.88. The molecule has 0 spiro atoms. The number of aryl methyl sites for hydroxylation is 1. The van der Waals surface area contributed by atoms with Crippen molar-refractivity contribution < 1.29 is 8.42 Å². The lowest BCUT2D eigenvalue weighted by Gasteiger charge is -2.23. The van der Waals surface area contributed by atoms with E-state index in [1.54, 1.807) is 0 Å². The Bertz CT molecular complexity index is 579. The molecule has 2 saturated carbocycles. The molecule has 4 heteroatoms. The summed E-state index contributed by atoms with van der Waals surface area (Å²) in [5.41, 5.74) is 2.03. The summed E-state index contributed by atoms with van der Waals surface area (Å²) >= 11 is 0. The molecular formula is C16H23NO2S. The predicted octanol–water partition coefficient (Wildman–Crippen LogP) is 3.00. The average Bonchev–Trinajstić information content (AvgIpc) is 3.11. The second-order valence-electron chi connectivity index (χ2n) is 6.33. The topological polar surface area (TPSA) is 46.2 Å². The maximum absolute atomic E-state index is 12.3. The van der Waals surface area contributed by atoms with Crippen LogP contribution < -0.4 is 4.72 Å². The van der Waals surface area contributed by atoms with Crippen LogP contribution in [-0.4, -0.2) is 14.0 Å². The largest absolute Gasteiger partial charge is 0.216 e. The van der Waals surface area contributed by atoms with Gasteiger partial charge in [0.15, 0.2) is 0 Å². The van der Waals surface area contributed by atoms with Crippen molar-refractivity contribution in [3.63, 3.8) is 0 Å². The van der Waals surface area contributed by atoms with E-state index in [4.69, 9.17) is 0 Å². The number of sulfonamides is 1. The van der Waals surface area contributed by atoms with E-state index in [-0.39, 0.29) is 11.3 Å². The van der Waals surface area contributed by atoms with Crippen molar-refractivity contribution in [3.8, 4) is 0 Å². The molecule has 0 saturated heterocycles. The number of hydrogen-bond acceptors (Lipinski definition) is 2. The van der Waals surface area contributed by atoms with Crippen LogP contribution in [0.3, 0.4) is 0 Å². The molecule has 2 unspecified atom stereocenters. The maximum Gasteiger partial charge on any atom is 0.216 e. The van der Waals surface area contributed by atoms with Gasteiger partial charge in [-0.05, 0) is 42.7 Å². The molecule has 2 fully saturated rings. The third-order valence-corrected chi connectivity index (χ3v) is 6.24. The van der Waals surface area contributed by atoms with E-state index in [9.17, 15) is 8.42 Å². The molecule has 3 nitrogen and oxygen atoms in total. The Balaban J connectivity index is 1.66. The van der Waals surface area contributed by atoms with E-state index in [1.807, 2.05) is 24.3 Å². The minimum absolute atomic E-state index is 0.0829. The summed E-state index contributed by atoms with van der Waals surface area (Å²) in [6.07, 6.45) is 6.65. The molecule has 1 aromatic rings. The van der Waals surface area contributed by atoms with Gasteiger partial charge in [0.05, 0.1) is 5.75 Å². The number of hydrogen-bond donors (Lipinski definition) is 1. The van der Waals surface area contributed by atoms with E-state index in [0.717, 1.165) is 31.2 Å². The monoisotopic (exact) mass is 293 g/mol. The first-order valence-corrected chi connectivity index (χ1v) is 9.28. The van der Waals surface area contributed by atoms with Gasteiger partial charge >= 0.3 is 0 Å². The lowest BCUT2D eigenvalue weighted by Crippen LogP contribution is -2.40. The fraction of sp³-hybridized carbons (Fsp3) is 0.625. The maximum atomic E-state index is 12.3. The van der Waals surface area contributed by atoms with Crippen LogP contribution in [0.25, 0.3) is 0 Å². The second-order valence-corrected chi connectivity index (χ2v) is 8.06. The highest BCUT2D eigenvalue weighted by Gasteiger charge is 2.56. The third kappa shape index (κ3) is 2.91. The number of nitrogens with one attached hydrogen (secondary N) is 1. The molecule has 1 aromatic carbocycles. The van der Waals surface area contributed by atoms with Crippen LogP contribution in [0.5, 0.6) is 0 Å². The third-order valence-electron chi connectivity index (χ3n) is 4.80. The van der Waals surface area contributed by atoms with Gasteiger partial charge < -0.3 is 0 Å². The van der Waals surface area contributed by atoms with Crippen molar-refractivity contribution in [2.24, 2.45) is 5.92 Å². The number of rotatable bonds is 5. The van der Waals surface area contributed by atoms with Crippen LogP contribution in [0.15, 0.2) is 24.3 Å². The Kier molecular flexibility index (Phi) is 3.63. The Hall–Kier alpha value is -0.870. The SMILES string of the molecule is CCc1ccc(CS(=O)(=O)NC23CCCCC2C3)cc1. The zero-order chi connectivity index (χ0) is 14.2. The van der Waals surface area contributed by atoms with Crippen LogP contribution >= 0.6 is 0 Å². The van der Waals surface area contributed by atoms with Gasteiger partial charge in [-0.3, -0.25) is 0 Å². The highest BCUT2D eigenvalue weighted by atomic mass is 32.2. The van der Waals surface area contributed by atoms with Gasteiger partial charge in [-0.25, -0.2) is 13.1 Å². The first kappa shape index (κ1) is 14.1. The van der Waals surface area contributed by atoms with Crippen molar-refractivity contribution >= 4 is 10.0 Å². The van der Waals surface area contributed by atoms with Crippen molar-refractivity contribution in [1.29, 1.82) is 0 Å². The second kappa shape index (κ2) is 5.15. The standard InChI is InChI=1S/C16H23NO2S/c1-2-13-6-8-14(9-7-13)12-20(18,19)17-16-10-4-3-5-15(16)11-16/h6-9,15,17H,2-5,10-12H2,1H3. The summed E-state index contributed by atoms with van der Waals surface area (Å²) in [5.74, 6) is 0.694. The van der Waals surface area contributed by atoms with E-state index in [0.29, 0.717) is 5.92 Å². The zero-order valence-electron chi connectivity index (χ0n) is 12.1. The van der Waals surface area contributed by atoms with Crippen LogP contribution in [0.2, 0.25) is 0 Å². The summed E-state index contributed by atoms with van der Waals surface area (Å²) in [6, 6.07) is 7.90. The quantitative estimate of drug-likeness (QED) is 0.907. The fourth-order valence-electron chi connectivity index (χ4n) is 3.51. The number of fused-ring (bicyclic) bond motifs is 1. The molecule has 0 heterocycles. The molecule has 0 amide bonds. The Morgan fingerprint density at radius 2 is 1.90 bits per heavy atom. The molecule has 110 valence electrons. The van der Waals surface area contributed by atoms with Crippen LogP contribution in [0, 0.1) is 5.92 Å². The smallest absolute Gasteiger partial charge is 0.212 e. The fourth-order valence-corrected chi connectivity index (χ4v) is 5.18. The molecule has 1 N–H and O–H groups in total. The van der Waals surface area contributed by atoms with Gasteiger partial charge in [0.2, 0.25) is 10.0 Å². The number of benzene rings is 1. The van der Waals surface area contributed by atoms with Crippen LogP contribution in [-0.2, 0) is 22.2 Å². The summed E-state index contributed by atoms with van der Waals surface area (Å²) in [5, 5.41) is 0. The van der Waals surface area contributed by atoms with Gasteiger partial charge in [0.1, 0.15) is 0 Å². The van der Waals surface area contributed by atoms with Gasteiger partial charge in [0.25, 0.3) is 0 Å². The summed E-state index contributed by atoms with van der Waals surface area (Å²) in [4.78, 5) is 0. The molecule has 2 atom stereocenters. The van der Waals surface area contributed by atoms with Gasteiger partial charge in [-0.1, -0.05) is 44.0 Å². The van der Waals surface area contributed by atoms with E-state index < -0.39 is 10.0 Å². The summed E-state index contributed by atoms with van der Waals surface area (Å²) in [7, 11) is -3.22. The van der Waals surface area contributed by atoms with Crippen molar-refractivity contribution in [2.75, 3.05) is 0 Å². The molecule has 2 aliphatic carbocycles. The first-order chi connectivity index (χ1) is 9.53. The first-order valence-electron chi connectivity index (χ1n) is 7.62.